The molecule has 2 N–H and O–H groups in total. The summed E-state index contributed by atoms with van der Waals surface area (Å²) in [6, 6.07) is 9.08. The molecule has 0 saturated carbocycles. The van der Waals surface area contributed by atoms with Gasteiger partial charge in [-0.15, -0.1) is 0 Å². The Morgan fingerprint density at radius 2 is 1.88 bits per heavy atom. The Kier molecular flexibility index (Phi) is 3.22. The van der Waals surface area contributed by atoms with Gasteiger partial charge in [-0.2, -0.15) is 0 Å². The van der Waals surface area contributed by atoms with Gasteiger partial charge in [0.25, 0.3) is 0 Å². The topological polar surface area (TPSA) is 53.1 Å². The number of aliphatic hydroxyl groups is 1. The van der Waals surface area contributed by atoms with Crippen molar-refractivity contribution in [3.63, 3.8) is 0 Å². The van der Waals surface area contributed by atoms with Gasteiger partial charge in [0.15, 0.2) is 0 Å². The van der Waals surface area contributed by atoms with Crippen LogP contribution in [0.5, 0.6) is 0 Å². The Hall–Kier alpha value is -1.39. The molecule has 1 unspecified atom stereocenters. The second-order valence-corrected chi connectivity index (χ2v) is 4.26. The van der Waals surface area contributed by atoms with Crippen LogP contribution in [0.25, 0.3) is 0 Å². The number of nitrogens with one attached hydrogen (secondary N) is 1. The van der Waals surface area contributed by atoms with Gasteiger partial charge >= 0.3 is 0 Å². The highest BCUT2D eigenvalue weighted by molar-refractivity contribution is 9.10. The van der Waals surface area contributed by atoms with Gasteiger partial charge in [0, 0.05) is 18.0 Å². The average molecular weight is 280 g/mol. The smallest absolute Gasteiger partial charge is 0.201 e. The molecule has 1 atom stereocenters. The monoisotopic (exact) mass is 279 g/mol. The molecule has 2 rings (SSSR count). The summed E-state index contributed by atoms with van der Waals surface area (Å²) >= 11 is 3.13. The zero-order valence-electron chi connectivity index (χ0n) is 8.35. The summed E-state index contributed by atoms with van der Waals surface area (Å²) in [6.07, 6.45) is 2.16. The summed E-state index contributed by atoms with van der Waals surface area (Å²) < 4.78 is 0.417. The first-order valence-electron chi connectivity index (χ1n) is 4.79. The number of benzene rings is 1. The van der Waals surface area contributed by atoms with E-state index in [0.29, 0.717) is 15.6 Å². The lowest BCUT2D eigenvalue weighted by Gasteiger charge is -2.10. The minimum atomic E-state index is -0.901. The van der Waals surface area contributed by atoms with Crippen molar-refractivity contribution >= 4 is 15.9 Å². The van der Waals surface area contributed by atoms with E-state index >= 15 is 0 Å². The minimum absolute atomic E-state index is 0.199. The van der Waals surface area contributed by atoms with Crippen molar-refractivity contribution < 1.29 is 5.11 Å². The lowest BCUT2D eigenvalue weighted by atomic mass is 10.0. The number of aromatic nitrogens is 1. The zero-order valence-corrected chi connectivity index (χ0v) is 9.94. The van der Waals surface area contributed by atoms with Crippen molar-refractivity contribution in [3.8, 4) is 0 Å². The van der Waals surface area contributed by atoms with E-state index in [0.717, 1.165) is 0 Å². The average Bonchev–Trinajstić information content (AvgIpc) is 2.33. The second kappa shape index (κ2) is 4.63. The van der Waals surface area contributed by atoms with Crippen molar-refractivity contribution in [2.24, 2.45) is 0 Å². The van der Waals surface area contributed by atoms with Crippen LogP contribution in [0.15, 0.2) is 52.0 Å². The molecule has 4 heteroatoms. The van der Waals surface area contributed by atoms with E-state index in [4.69, 9.17) is 0 Å². The summed E-state index contributed by atoms with van der Waals surface area (Å²) in [5.74, 6) is 0. The molecule has 0 fully saturated rings. The normalized spacial score (nSPS) is 12.4. The van der Waals surface area contributed by atoms with Crippen LogP contribution in [0.2, 0.25) is 0 Å². The van der Waals surface area contributed by atoms with E-state index in [9.17, 15) is 9.90 Å². The highest BCUT2D eigenvalue weighted by Crippen LogP contribution is 2.19. The van der Waals surface area contributed by atoms with Crippen molar-refractivity contribution in [2.75, 3.05) is 0 Å². The zero-order chi connectivity index (χ0) is 11.5. The maximum Gasteiger partial charge on any atom is 0.201 e. The van der Waals surface area contributed by atoms with Crippen LogP contribution < -0.4 is 5.43 Å². The largest absolute Gasteiger partial charge is 0.383 e. The molecule has 16 heavy (non-hydrogen) atoms. The maximum atomic E-state index is 11.8. The van der Waals surface area contributed by atoms with E-state index < -0.39 is 6.10 Å². The minimum Gasteiger partial charge on any atom is -0.383 e. The molecule has 0 saturated heterocycles. The molecule has 3 nitrogen and oxygen atoms in total. The molecule has 0 bridgehead atoms. The molecule has 2 aromatic rings. The van der Waals surface area contributed by atoms with Crippen LogP contribution in [-0.4, -0.2) is 10.1 Å². The predicted octanol–water partition coefficient (Wildman–Crippen LogP) is 2.22. The van der Waals surface area contributed by atoms with Crippen LogP contribution in [0, 0.1) is 0 Å². The van der Waals surface area contributed by atoms with Gasteiger partial charge in [-0.25, -0.2) is 0 Å². The van der Waals surface area contributed by atoms with Gasteiger partial charge in [-0.3, -0.25) is 4.79 Å². The molecule has 1 aromatic heterocycles. The number of H-pyrrole nitrogens is 1. The van der Waals surface area contributed by atoms with Crippen LogP contribution >= 0.6 is 15.9 Å². The highest BCUT2D eigenvalue weighted by atomic mass is 79.9. The lowest BCUT2D eigenvalue weighted by molar-refractivity contribution is 0.218. The summed E-state index contributed by atoms with van der Waals surface area (Å²) in [6.45, 7) is 0. The van der Waals surface area contributed by atoms with Gasteiger partial charge in [-0.1, -0.05) is 30.3 Å². The molecule has 82 valence electrons. The Morgan fingerprint density at radius 1 is 1.19 bits per heavy atom. The van der Waals surface area contributed by atoms with Crippen molar-refractivity contribution in [2.45, 2.75) is 6.10 Å². The Morgan fingerprint density at radius 3 is 2.56 bits per heavy atom. The molecule has 1 heterocycles. The lowest BCUT2D eigenvalue weighted by Crippen LogP contribution is -2.15. The quantitative estimate of drug-likeness (QED) is 0.886. The summed E-state index contributed by atoms with van der Waals surface area (Å²) in [5.41, 5.74) is 0.835. The molecule has 0 radical (unpaired) electrons. The van der Waals surface area contributed by atoms with Gasteiger partial charge in [0.05, 0.1) is 4.47 Å². The van der Waals surface area contributed by atoms with Gasteiger partial charge < -0.3 is 10.1 Å². The first kappa shape index (κ1) is 11.1. The third-order valence-corrected chi connectivity index (χ3v) is 2.93. The molecule has 0 aliphatic heterocycles. The summed E-state index contributed by atoms with van der Waals surface area (Å²) in [4.78, 5) is 14.6. The fraction of sp³-hybridized carbons (Fsp3) is 0.0833. The highest BCUT2D eigenvalue weighted by Gasteiger charge is 2.14. The Bertz CT molecular complexity index is 536. The van der Waals surface area contributed by atoms with Crippen LogP contribution in [0.3, 0.4) is 0 Å². The molecule has 0 aliphatic rings. The fourth-order valence-electron chi connectivity index (χ4n) is 1.49. The third-order valence-electron chi connectivity index (χ3n) is 2.34. The second-order valence-electron chi connectivity index (χ2n) is 3.40. The number of aliphatic hydroxyl groups excluding tert-OH is 1. The van der Waals surface area contributed by atoms with Crippen molar-refractivity contribution in [3.05, 3.63) is 68.5 Å². The van der Waals surface area contributed by atoms with E-state index in [1.165, 1.54) is 6.20 Å². The SMILES string of the molecule is O=c1c(Br)c[nH]cc1C(O)c1ccccc1. The van der Waals surface area contributed by atoms with Crippen molar-refractivity contribution in [1.82, 2.24) is 4.98 Å². The number of halogens is 1. The van der Waals surface area contributed by atoms with E-state index in [1.807, 2.05) is 18.2 Å². The number of rotatable bonds is 2. The van der Waals surface area contributed by atoms with E-state index in [2.05, 4.69) is 20.9 Å². The summed E-state index contributed by atoms with van der Waals surface area (Å²) in [5, 5.41) is 10.1. The molecular formula is C12H10BrNO2. The number of pyridine rings is 1. The number of hydrogen-bond acceptors (Lipinski definition) is 2. The number of hydrogen-bond donors (Lipinski definition) is 2. The molecule has 1 aromatic carbocycles. The molecule has 0 amide bonds. The van der Waals surface area contributed by atoms with Gasteiger partial charge in [0.2, 0.25) is 5.43 Å². The van der Waals surface area contributed by atoms with Crippen LogP contribution in [0.4, 0.5) is 0 Å². The molecule has 0 spiro atoms. The fourth-order valence-corrected chi connectivity index (χ4v) is 1.85. The summed E-state index contributed by atoms with van der Waals surface area (Å²) in [7, 11) is 0. The Labute approximate surface area is 101 Å². The maximum absolute atomic E-state index is 11.8. The molecule has 0 aliphatic carbocycles. The number of aromatic amines is 1. The van der Waals surface area contributed by atoms with Crippen LogP contribution in [-0.2, 0) is 0 Å². The van der Waals surface area contributed by atoms with Crippen molar-refractivity contribution in [1.29, 1.82) is 0 Å². The Balaban J connectivity index is 2.46. The predicted molar refractivity (Wildman–Crippen MR) is 65.3 cm³/mol. The first-order valence-corrected chi connectivity index (χ1v) is 5.59. The van der Waals surface area contributed by atoms with E-state index in [1.54, 1.807) is 18.3 Å². The van der Waals surface area contributed by atoms with Gasteiger partial charge in [-0.05, 0) is 21.5 Å². The van der Waals surface area contributed by atoms with Gasteiger partial charge in [0.1, 0.15) is 6.10 Å². The van der Waals surface area contributed by atoms with E-state index in [-0.39, 0.29) is 5.43 Å². The molecular weight excluding hydrogens is 270 g/mol. The third kappa shape index (κ3) is 2.08. The van der Waals surface area contributed by atoms with Crippen LogP contribution in [0.1, 0.15) is 17.2 Å². The first-order chi connectivity index (χ1) is 7.70. The standard InChI is InChI=1S/C12H10BrNO2/c13-10-7-14-6-9(12(10)16)11(15)8-4-2-1-3-5-8/h1-7,11,15H,(H,14,16).